The van der Waals surface area contributed by atoms with E-state index in [4.69, 9.17) is 0 Å². The van der Waals surface area contributed by atoms with Crippen molar-refractivity contribution < 1.29 is 4.79 Å². The van der Waals surface area contributed by atoms with Crippen LogP contribution in [-0.2, 0) is 0 Å². The van der Waals surface area contributed by atoms with E-state index >= 15 is 0 Å². The lowest BCUT2D eigenvalue weighted by Gasteiger charge is -2.24. The number of benzene rings is 1. The van der Waals surface area contributed by atoms with Gasteiger partial charge in [-0.1, -0.05) is 25.5 Å². The van der Waals surface area contributed by atoms with E-state index in [9.17, 15) is 4.79 Å². The maximum Gasteiger partial charge on any atom is 0.152 e. The number of hydrogen-bond donors (Lipinski definition) is 0. The number of para-hydroxylation sites is 1. The molecule has 0 saturated carbocycles. The van der Waals surface area contributed by atoms with E-state index < -0.39 is 0 Å². The fourth-order valence-corrected chi connectivity index (χ4v) is 2.69. The van der Waals surface area contributed by atoms with E-state index in [1.54, 1.807) is 0 Å². The van der Waals surface area contributed by atoms with Gasteiger partial charge in [-0.15, -0.1) is 0 Å². The molecule has 0 bridgehead atoms. The first-order valence-corrected chi connectivity index (χ1v) is 6.64. The van der Waals surface area contributed by atoms with Crippen molar-refractivity contribution in [1.82, 2.24) is 0 Å². The highest BCUT2D eigenvalue weighted by Crippen LogP contribution is 2.26. The van der Waals surface area contributed by atoms with Gasteiger partial charge in [0.15, 0.2) is 6.29 Å². The van der Waals surface area contributed by atoms with E-state index in [-0.39, 0.29) is 0 Å². The van der Waals surface area contributed by atoms with Crippen LogP contribution in [0.4, 0.5) is 5.69 Å². The second kappa shape index (κ2) is 5.85. The van der Waals surface area contributed by atoms with Gasteiger partial charge in [0.25, 0.3) is 0 Å². The van der Waals surface area contributed by atoms with Crippen molar-refractivity contribution in [3.8, 4) is 0 Å². The van der Waals surface area contributed by atoms with Crippen LogP contribution >= 0.6 is 0 Å². The molecule has 1 atom stereocenters. The second-order valence-corrected chi connectivity index (χ2v) is 4.87. The molecule has 17 heavy (non-hydrogen) atoms. The summed E-state index contributed by atoms with van der Waals surface area (Å²) in [7, 11) is 0. The molecule has 2 heteroatoms. The highest BCUT2D eigenvalue weighted by atomic mass is 16.1. The van der Waals surface area contributed by atoms with Gasteiger partial charge in [0, 0.05) is 24.3 Å². The van der Waals surface area contributed by atoms with Crippen molar-refractivity contribution in [1.29, 1.82) is 0 Å². The Kier molecular flexibility index (Phi) is 4.18. The Morgan fingerprint density at radius 1 is 1.29 bits per heavy atom. The molecule has 92 valence electrons. The molecule has 1 aromatic rings. The zero-order valence-corrected chi connectivity index (χ0v) is 10.6. The van der Waals surface area contributed by atoms with Crippen LogP contribution in [0.1, 0.15) is 43.0 Å². The molecule has 0 N–H and O–H groups in total. The van der Waals surface area contributed by atoms with Crippen LogP contribution in [0.5, 0.6) is 0 Å². The third-order valence-corrected chi connectivity index (χ3v) is 3.83. The van der Waals surface area contributed by atoms with Gasteiger partial charge in [-0.05, 0) is 37.3 Å². The molecule has 0 amide bonds. The molecular weight excluding hydrogens is 210 g/mol. The van der Waals surface area contributed by atoms with E-state index in [0.717, 1.165) is 36.5 Å². The maximum atomic E-state index is 11.0. The van der Waals surface area contributed by atoms with Gasteiger partial charge in [-0.25, -0.2) is 0 Å². The Balaban J connectivity index is 2.13. The van der Waals surface area contributed by atoms with Crippen molar-refractivity contribution >= 4 is 12.0 Å². The topological polar surface area (TPSA) is 20.3 Å². The van der Waals surface area contributed by atoms with Gasteiger partial charge in [-0.3, -0.25) is 4.79 Å². The SMILES string of the molecule is CCC1CCCN(c2ccccc2C=O)CC1. The zero-order valence-electron chi connectivity index (χ0n) is 10.6. The molecular formula is C15H21NO. The summed E-state index contributed by atoms with van der Waals surface area (Å²) < 4.78 is 0. The highest BCUT2D eigenvalue weighted by Gasteiger charge is 2.17. The largest absolute Gasteiger partial charge is 0.371 e. The minimum Gasteiger partial charge on any atom is -0.371 e. The standard InChI is InChI=1S/C15H21NO/c1-2-13-6-5-10-16(11-9-13)15-8-4-3-7-14(15)12-17/h3-4,7-8,12-13H,2,5-6,9-11H2,1H3. The van der Waals surface area contributed by atoms with Gasteiger partial charge in [-0.2, -0.15) is 0 Å². The summed E-state index contributed by atoms with van der Waals surface area (Å²) in [6, 6.07) is 7.92. The van der Waals surface area contributed by atoms with Crippen molar-refractivity contribution in [3.63, 3.8) is 0 Å². The molecule has 1 aliphatic rings. The molecule has 0 aliphatic carbocycles. The van der Waals surface area contributed by atoms with Crippen LogP contribution in [0.3, 0.4) is 0 Å². The lowest BCUT2D eigenvalue weighted by atomic mass is 9.98. The Bertz CT molecular complexity index is 375. The summed E-state index contributed by atoms with van der Waals surface area (Å²) in [5.41, 5.74) is 1.93. The van der Waals surface area contributed by atoms with Crippen LogP contribution < -0.4 is 4.90 Å². The average Bonchev–Trinajstić information content (AvgIpc) is 2.63. The molecule has 1 fully saturated rings. The Morgan fingerprint density at radius 2 is 2.12 bits per heavy atom. The monoisotopic (exact) mass is 231 g/mol. The predicted octanol–water partition coefficient (Wildman–Crippen LogP) is 3.52. The first-order chi connectivity index (χ1) is 8.35. The van der Waals surface area contributed by atoms with Gasteiger partial charge >= 0.3 is 0 Å². The van der Waals surface area contributed by atoms with Crippen LogP contribution in [0.15, 0.2) is 24.3 Å². The molecule has 2 nitrogen and oxygen atoms in total. The Morgan fingerprint density at radius 3 is 2.88 bits per heavy atom. The molecule has 0 radical (unpaired) electrons. The van der Waals surface area contributed by atoms with E-state index in [1.165, 1.54) is 25.7 Å². The fourth-order valence-electron chi connectivity index (χ4n) is 2.69. The summed E-state index contributed by atoms with van der Waals surface area (Å²) >= 11 is 0. The van der Waals surface area contributed by atoms with Crippen LogP contribution in [-0.4, -0.2) is 19.4 Å². The average molecular weight is 231 g/mol. The second-order valence-electron chi connectivity index (χ2n) is 4.87. The summed E-state index contributed by atoms with van der Waals surface area (Å²) in [5, 5.41) is 0. The molecule has 1 aromatic carbocycles. The highest BCUT2D eigenvalue weighted by molar-refractivity contribution is 5.84. The normalized spacial score (nSPS) is 21.0. The Labute approximate surface area is 104 Å². The Hall–Kier alpha value is -1.31. The molecule has 0 aromatic heterocycles. The van der Waals surface area contributed by atoms with Crippen molar-refractivity contribution in [2.75, 3.05) is 18.0 Å². The van der Waals surface area contributed by atoms with E-state index in [2.05, 4.69) is 17.9 Å². The number of carbonyl (C=O) groups is 1. The molecule has 0 spiro atoms. The number of anilines is 1. The van der Waals surface area contributed by atoms with Gasteiger partial charge in [0.2, 0.25) is 0 Å². The van der Waals surface area contributed by atoms with Gasteiger partial charge in [0.05, 0.1) is 0 Å². The predicted molar refractivity (Wildman–Crippen MR) is 71.7 cm³/mol. The summed E-state index contributed by atoms with van der Waals surface area (Å²) in [5.74, 6) is 0.864. The first-order valence-electron chi connectivity index (χ1n) is 6.64. The lowest BCUT2D eigenvalue weighted by Crippen LogP contribution is -2.25. The van der Waals surface area contributed by atoms with Crippen molar-refractivity contribution in [2.45, 2.75) is 32.6 Å². The minimum absolute atomic E-state index is 0.822. The molecule has 1 heterocycles. The number of aldehydes is 1. The number of nitrogens with zero attached hydrogens (tertiary/aromatic N) is 1. The maximum absolute atomic E-state index is 11.0. The summed E-state index contributed by atoms with van der Waals surface area (Å²) in [4.78, 5) is 13.4. The van der Waals surface area contributed by atoms with Crippen LogP contribution in [0, 0.1) is 5.92 Å². The van der Waals surface area contributed by atoms with Gasteiger partial charge < -0.3 is 4.90 Å². The third kappa shape index (κ3) is 2.87. The quantitative estimate of drug-likeness (QED) is 0.742. The zero-order chi connectivity index (χ0) is 12.1. The number of carbonyl (C=O) groups excluding carboxylic acids is 1. The first kappa shape index (κ1) is 12.2. The summed E-state index contributed by atoms with van der Waals surface area (Å²) in [6.45, 7) is 4.45. The number of hydrogen-bond acceptors (Lipinski definition) is 2. The smallest absolute Gasteiger partial charge is 0.152 e. The minimum atomic E-state index is 0.822. The van der Waals surface area contributed by atoms with Crippen molar-refractivity contribution in [2.24, 2.45) is 5.92 Å². The van der Waals surface area contributed by atoms with Crippen LogP contribution in [0.2, 0.25) is 0 Å². The van der Waals surface area contributed by atoms with Crippen LogP contribution in [0.25, 0.3) is 0 Å². The molecule has 1 saturated heterocycles. The molecule has 1 aliphatic heterocycles. The van der Waals surface area contributed by atoms with Crippen molar-refractivity contribution in [3.05, 3.63) is 29.8 Å². The molecule has 2 rings (SSSR count). The van der Waals surface area contributed by atoms with Gasteiger partial charge in [0.1, 0.15) is 0 Å². The summed E-state index contributed by atoms with van der Waals surface area (Å²) in [6.07, 6.45) is 6.08. The fraction of sp³-hybridized carbons (Fsp3) is 0.533. The molecule has 1 unspecified atom stereocenters. The lowest BCUT2D eigenvalue weighted by molar-refractivity contribution is 0.112. The van der Waals surface area contributed by atoms with E-state index in [0.29, 0.717) is 0 Å². The third-order valence-electron chi connectivity index (χ3n) is 3.83. The number of rotatable bonds is 3. The van der Waals surface area contributed by atoms with E-state index in [1.807, 2.05) is 18.2 Å².